The largest absolute Gasteiger partial charge is 0.395 e. The van der Waals surface area contributed by atoms with Crippen LogP contribution in [-0.2, 0) is 10.0 Å². The Bertz CT molecular complexity index is 276. The quantitative estimate of drug-likeness (QED) is 0.732. The van der Waals surface area contributed by atoms with Crippen LogP contribution in [0.1, 0.15) is 34.1 Å². The molecule has 1 fully saturated rings. The third kappa shape index (κ3) is 2.21. The number of aliphatic hydroxyl groups excluding tert-OH is 1. The number of carbonyl (C=O) groups is 1. The zero-order valence-electron chi connectivity index (χ0n) is 10.4. The minimum Gasteiger partial charge on any atom is -0.395 e. The summed E-state index contributed by atoms with van der Waals surface area (Å²) in [6, 6.07) is 0. The zero-order valence-corrected chi connectivity index (χ0v) is 10.4. The summed E-state index contributed by atoms with van der Waals surface area (Å²) in [5.41, 5.74) is -1.20. The van der Waals surface area contributed by atoms with E-state index < -0.39 is 11.1 Å². The number of rotatable bonds is 3. The summed E-state index contributed by atoms with van der Waals surface area (Å²) in [5, 5.41) is 24.3. The number of hydroxylamine groups is 2. The maximum Gasteiger partial charge on any atom is 0.225 e. The van der Waals surface area contributed by atoms with Crippen molar-refractivity contribution in [1.29, 1.82) is 0 Å². The molecule has 93 valence electrons. The van der Waals surface area contributed by atoms with Crippen molar-refractivity contribution in [3.63, 3.8) is 0 Å². The normalized spacial score (nSPS) is 28.0. The van der Waals surface area contributed by atoms with Crippen molar-refractivity contribution in [2.45, 2.75) is 45.2 Å². The topological polar surface area (TPSA) is 72.5 Å². The molecule has 1 rings (SSSR count). The molecule has 0 aromatic carbocycles. The number of hydrogen-bond acceptors (Lipinski definition) is 3. The SMILES string of the molecule is CC1(C)CC(C(=O)NCCO)C(C)(C)N1[O]. The lowest BCUT2D eigenvalue weighted by atomic mass is 9.86. The summed E-state index contributed by atoms with van der Waals surface area (Å²) in [7, 11) is 0. The predicted octanol–water partition coefficient (Wildman–Crippen LogP) is 0.319. The molecule has 5 heteroatoms. The molecule has 5 nitrogen and oxygen atoms in total. The fraction of sp³-hybridized carbons (Fsp3) is 0.909. The Hall–Kier alpha value is -0.650. The average Bonchev–Trinajstić information content (AvgIpc) is 2.35. The Morgan fingerprint density at radius 1 is 1.44 bits per heavy atom. The first-order valence-electron chi connectivity index (χ1n) is 5.59. The minimum atomic E-state index is -0.691. The molecule has 0 bridgehead atoms. The van der Waals surface area contributed by atoms with Crippen LogP contribution in [0.3, 0.4) is 0 Å². The molecule has 16 heavy (non-hydrogen) atoms. The third-order valence-electron chi connectivity index (χ3n) is 3.36. The van der Waals surface area contributed by atoms with Crippen LogP contribution < -0.4 is 5.32 Å². The van der Waals surface area contributed by atoms with E-state index in [1.54, 1.807) is 13.8 Å². The molecule has 1 aliphatic rings. The smallest absolute Gasteiger partial charge is 0.225 e. The summed E-state index contributed by atoms with van der Waals surface area (Å²) in [6.07, 6.45) is 0.542. The number of aliphatic hydroxyl groups is 1. The van der Waals surface area contributed by atoms with Gasteiger partial charge < -0.3 is 10.4 Å². The van der Waals surface area contributed by atoms with Crippen LogP contribution >= 0.6 is 0 Å². The number of nitrogens with one attached hydrogen (secondary N) is 1. The fourth-order valence-corrected chi connectivity index (χ4v) is 2.47. The molecule has 0 saturated carbocycles. The van der Waals surface area contributed by atoms with E-state index in [0.717, 1.165) is 5.06 Å². The van der Waals surface area contributed by atoms with E-state index in [0.29, 0.717) is 6.42 Å². The first kappa shape index (κ1) is 13.4. The molecule has 0 aromatic rings. The lowest BCUT2D eigenvalue weighted by Gasteiger charge is -2.33. The first-order chi connectivity index (χ1) is 7.23. The fourth-order valence-electron chi connectivity index (χ4n) is 2.47. The molecule has 1 aliphatic heterocycles. The highest BCUT2D eigenvalue weighted by Crippen LogP contribution is 2.43. The molecule has 0 aliphatic carbocycles. The van der Waals surface area contributed by atoms with E-state index in [2.05, 4.69) is 5.32 Å². The molecule has 1 radical (unpaired) electrons. The van der Waals surface area contributed by atoms with Gasteiger partial charge in [0.05, 0.1) is 18.1 Å². The average molecular weight is 229 g/mol. The Morgan fingerprint density at radius 3 is 2.38 bits per heavy atom. The number of carbonyl (C=O) groups excluding carboxylic acids is 1. The summed E-state index contributed by atoms with van der Waals surface area (Å²) < 4.78 is 0. The van der Waals surface area contributed by atoms with E-state index >= 15 is 0 Å². The van der Waals surface area contributed by atoms with Crippen LogP contribution in [0.2, 0.25) is 0 Å². The van der Waals surface area contributed by atoms with Crippen molar-refractivity contribution in [2.24, 2.45) is 5.92 Å². The van der Waals surface area contributed by atoms with Crippen molar-refractivity contribution in [1.82, 2.24) is 10.4 Å². The molecular formula is C11H21N2O3. The van der Waals surface area contributed by atoms with E-state index in [1.807, 2.05) is 13.8 Å². The molecule has 1 unspecified atom stereocenters. The lowest BCUT2D eigenvalue weighted by molar-refractivity contribution is -0.247. The Kier molecular flexibility index (Phi) is 3.62. The summed E-state index contributed by atoms with van der Waals surface area (Å²) in [5.74, 6) is -0.475. The van der Waals surface area contributed by atoms with Crippen molar-refractivity contribution in [3.05, 3.63) is 0 Å². The third-order valence-corrected chi connectivity index (χ3v) is 3.36. The van der Waals surface area contributed by atoms with Gasteiger partial charge in [0, 0.05) is 12.1 Å². The summed E-state index contributed by atoms with van der Waals surface area (Å²) in [4.78, 5) is 11.9. The van der Waals surface area contributed by atoms with E-state index in [1.165, 1.54) is 0 Å². The van der Waals surface area contributed by atoms with Gasteiger partial charge in [0.25, 0.3) is 0 Å². The molecule has 0 spiro atoms. The van der Waals surface area contributed by atoms with Gasteiger partial charge in [-0.05, 0) is 34.1 Å². The second kappa shape index (κ2) is 4.31. The second-order valence-corrected chi connectivity index (χ2v) is 5.53. The summed E-state index contributed by atoms with van der Waals surface area (Å²) in [6.45, 7) is 7.44. The predicted molar refractivity (Wildman–Crippen MR) is 58.9 cm³/mol. The van der Waals surface area contributed by atoms with Crippen LogP contribution in [0.25, 0.3) is 0 Å². The van der Waals surface area contributed by atoms with Gasteiger partial charge in [-0.1, -0.05) is 0 Å². The Labute approximate surface area is 96.4 Å². The highest BCUT2D eigenvalue weighted by atomic mass is 16.5. The Balaban J connectivity index is 2.79. The summed E-state index contributed by atoms with van der Waals surface area (Å²) >= 11 is 0. The van der Waals surface area contributed by atoms with Gasteiger partial charge in [-0.2, -0.15) is 0 Å². The highest BCUT2D eigenvalue weighted by molar-refractivity contribution is 5.80. The molecule has 1 heterocycles. The van der Waals surface area contributed by atoms with Crippen molar-refractivity contribution < 1.29 is 15.1 Å². The molecule has 1 amide bonds. The van der Waals surface area contributed by atoms with Gasteiger partial charge in [0.2, 0.25) is 5.91 Å². The Morgan fingerprint density at radius 2 is 2.00 bits per heavy atom. The van der Waals surface area contributed by atoms with Crippen LogP contribution in [0.15, 0.2) is 0 Å². The van der Waals surface area contributed by atoms with Crippen LogP contribution in [0, 0.1) is 5.92 Å². The van der Waals surface area contributed by atoms with Crippen molar-refractivity contribution in [3.8, 4) is 0 Å². The molecule has 0 aromatic heterocycles. The minimum absolute atomic E-state index is 0.0800. The molecule has 1 atom stereocenters. The monoisotopic (exact) mass is 229 g/mol. The lowest BCUT2D eigenvalue weighted by Crippen LogP contribution is -2.49. The van der Waals surface area contributed by atoms with Gasteiger partial charge in [-0.3, -0.25) is 4.79 Å². The number of amides is 1. The van der Waals surface area contributed by atoms with Crippen LogP contribution in [0.4, 0.5) is 0 Å². The van der Waals surface area contributed by atoms with Gasteiger partial charge in [0.15, 0.2) is 0 Å². The maximum absolute atomic E-state index is 12.0. The van der Waals surface area contributed by atoms with Crippen LogP contribution in [-0.4, -0.2) is 40.3 Å². The molecular weight excluding hydrogens is 208 g/mol. The van der Waals surface area contributed by atoms with Gasteiger partial charge in [0.1, 0.15) is 0 Å². The zero-order chi connectivity index (χ0) is 12.6. The van der Waals surface area contributed by atoms with E-state index in [9.17, 15) is 10.0 Å². The van der Waals surface area contributed by atoms with Crippen molar-refractivity contribution in [2.75, 3.05) is 13.2 Å². The molecule has 1 saturated heterocycles. The highest BCUT2D eigenvalue weighted by Gasteiger charge is 2.54. The van der Waals surface area contributed by atoms with Gasteiger partial charge in [-0.25, -0.2) is 0 Å². The van der Waals surface area contributed by atoms with Crippen molar-refractivity contribution >= 4 is 5.91 Å². The van der Waals surface area contributed by atoms with Gasteiger partial charge in [-0.15, -0.1) is 10.3 Å². The van der Waals surface area contributed by atoms with E-state index in [-0.39, 0.29) is 25.0 Å². The van der Waals surface area contributed by atoms with E-state index in [4.69, 9.17) is 5.11 Å². The maximum atomic E-state index is 12.0. The molecule has 2 N–H and O–H groups in total. The second-order valence-electron chi connectivity index (χ2n) is 5.53. The van der Waals surface area contributed by atoms with Crippen LogP contribution in [0.5, 0.6) is 0 Å². The first-order valence-corrected chi connectivity index (χ1v) is 5.59. The van der Waals surface area contributed by atoms with Gasteiger partial charge >= 0.3 is 0 Å². The number of nitrogens with zero attached hydrogens (tertiary/aromatic N) is 1. The standard InChI is InChI=1S/C11H21N2O3/c1-10(2)7-8(9(15)12-5-6-14)11(3,4)13(10)16/h8,14H,5-7H2,1-4H3,(H,12,15). The number of hydrogen-bond donors (Lipinski definition) is 2.